The fourth-order valence-corrected chi connectivity index (χ4v) is 8.70. The first-order valence-electron chi connectivity index (χ1n) is 32.0. The number of allylic oxidation sites excluding steroid dienone is 29. The summed E-state index contributed by atoms with van der Waals surface area (Å²) >= 11 is 0. The maximum absolute atomic E-state index is 13.1. The van der Waals surface area contributed by atoms with Crippen LogP contribution in [0.15, 0.2) is 182 Å². The number of aliphatic hydroxyl groups is 5. The van der Waals surface area contributed by atoms with Crippen LogP contribution in [0, 0.1) is 0 Å². The van der Waals surface area contributed by atoms with Crippen LogP contribution in [0.5, 0.6) is 0 Å². The Hall–Kier alpha value is -4.71. The van der Waals surface area contributed by atoms with Crippen LogP contribution in [0.4, 0.5) is 0 Å². The highest BCUT2D eigenvalue weighted by atomic mass is 16.7. The molecule has 0 aromatic heterocycles. The largest absolute Gasteiger partial charge is 0.394 e. The number of ether oxygens (including phenoxy) is 2. The molecular weight excluding hydrogens is 1020 g/mol. The van der Waals surface area contributed by atoms with Crippen LogP contribution < -0.4 is 5.32 Å². The standard InChI is InChI=1S/C73H115NO8/c1-3-5-7-9-11-13-15-17-19-21-23-25-26-27-28-29-30-31-32-33-34-35-36-37-38-39-40-41-42-43-45-47-49-51-53-55-57-59-61-63-69(77)74-66(65-81-73-72(80)71(79)70(78)68(64-75)82-73)67(76)62-60-58-56-54-52-50-48-46-44-24-22-20-18-16-14-12-10-8-6-4-2/h5,7,11,13,17,19,23,25,27-28,30-31,33-34,36-37,39-40,42-44,46-47,49,52-55,60,62,66-68,70-73,75-76,78-80H,3-4,6,8-10,12,14-16,18,20-22,24,26,29,32,35,38,41,45,48,50-51,56-59,61,63-65H2,1-2H3,(H,74,77)/b7-5-,13-11-,19-17-,25-23-,28-27-,31-30-,34-33-,37-36-,40-39-,43-42-,46-44+,49-47-,54-52+,55-53-,62-60+. The Kier molecular flexibility index (Phi) is 54.6. The minimum Gasteiger partial charge on any atom is -0.394 e. The van der Waals surface area contributed by atoms with Gasteiger partial charge in [-0.05, 0) is 135 Å². The van der Waals surface area contributed by atoms with Crippen molar-refractivity contribution < 1.29 is 39.8 Å². The molecule has 0 saturated carbocycles. The monoisotopic (exact) mass is 1130 g/mol. The second-order valence-corrected chi connectivity index (χ2v) is 21.1. The Labute approximate surface area is 500 Å². The van der Waals surface area contributed by atoms with E-state index in [0.29, 0.717) is 12.8 Å². The molecule has 9 nitrogen and oxygen atoms in total. The Balaban J connectivity index is 2.27. The highest BCUT2D eigenvalue weighted by Gasteiger charge is 2.44. The first-order valence-corrected chi connectivity index (χ1v) is 32.0. The van der Waals surface area contributed by atoms with Gasteiger partial charge in [-0.2, -0.15) is 0 Å². The molecule has 1 heterocycles. The SMILES string of the molecule is CC/C=C\C/C=C\C/C=C\C/C=C\C/C=C\C/C=C\C/C=C\C/C=C\C/C=C\C/C=C\C/C=C\C/C=C\CCCCC(=O)NC(COC1OC(CO)C(O)C(O)C1O)C(O)/C=C/CC/C=C/CC/C=C/CCCCCCCCCCCC. The molecule has 0 radical (unpaired) electrons. The van der Waals surface area contributed by atoms with Crippen molar-refractivity contribution >= 4 is 5.91 Å². The second-order valence-electron chi connectivity index (χ2n) is 21.1. The van der Waals surface area contributed by atoms with Gasteiger partial charge in [0.05, 0.1) is 25.4 Å². The number of hydrogen-bond acceptors (Lipinski definition) is 8. The van der Waals surface area contributed by atoms with Crippen molar-refractivity contribution in [2.24, 2.45) is 0 Å². The van der Waals surface area contributed by atoms with Crippen LogP contribution in [0.25, 0.3) is 0 Å². The molecule has 1 saturated heterocycles. The van der Waals surface area contributed by atoms with Crippen molar-refractivity contribution in [2.45, 2.75) is 256 Å². The predicted octanol–water partition coefficient (Wildman–Crippen LogP) is 17.1. The zero-order valence-corrected chi connectivity index (χ0v) is 51.2. The Morgan fingerprint density at radius 1 is 0.427 bits per heavy atom. The van der Waals surface area contributed by atoms with Gasteiger partial charge in [-0.3, -0.25) is 4.79 Å². The summed E-state index contributed by atoms with van der Waals surface area (Å²) in [7, 11) is 0. The molecule has 0 aromatic carbocycles. The summed E-state index contributed by atoms with van der Waals surface area (Å²) in [6, 6.07) is -0.867. The molecule has 0 aromatic rings. The van der Waals surface area contributed by atoms with Crippen LogP contribution in [0.2, 0.25) is 0 Å². The van der Waals surface area contributed by atoms with Gasteiger partial charge in [-0.1, -0.05) is 254 Å². The molecule has 7 atom stereocenters. The molecule has 9 heteroatoms. The van der Waals surface area contributed by atoms with Gasteiger partial charge in [0.15, 0.2) is 6.29 Å². The van der Waals surface area contributed by atoms with Gasteiger partial charge in [-0.25, -0.2) is 0 Å². The predicted molar refractivity (Wildman–Crippen MR) is 349 cm³/mol. The van der Waals surface area contributed by atoms with Gasteiger partial charge in [0.1, 0.15) is 24.4 Å². The number of amides is 1. The van der Waals surface area contributed by atoms with Gasteiger partial charge < -0.3 is 40.3 Å². The summed E-state index contributed by atoms with van der Waals surface area (Å²) in [6.45, 7) is 3.60. The van der Waals surface area contributed by atoms with Crippen LogP contribution in [-0.2, 0) is 14.3 Å². The van der Waals surface area contributed by atoms with E-state index in [-0.39, 0.29) is 18.9 Å². The molecule has 460 valence electrons. The van der Waals surface area contributed by atoms with Gasteiger partial charge in [0, 0.05) is 6.42 Å². The molecule has 0 bridgehead atoms. The average molecular weight is 1130 g/mol. The van der Waals surface area contributed by atoms with Crippen LogP contribution in [0.1, 0.15) is 213 Å². The number of unbranched alkanes of at least 4 members (excludes halogenated alkanes) is 14. The number of carbonyl (C=O) groups is 1. The van der Waals surface area contributed by atoms with Crippen molar-refractivity contribution in [1.82, 2.24) is 5.32 Å². The summed E-state index contributed by atoms with van der Waals surface area (Å²) in [6.07, 6.45) is 89.7. The lowest BCUT2D eigenvalue weighted by Crippen LogP contribution is -2.60. The fourth-order valence-electron chi connectivity index (χ4n) is 8.70. The lowest BCUT2D eigenvalue weighted by molar-refractivity contribution is -0.302. The van der Waals surface area contributed by atoms with Crippen molar-refractivity contribution in [3.05, 3.63) is 182 Å². The first-order chi connectivity index (χ1) is 40.3. The fraction of sp³-hybridized carbons (Fsp3) is 0.575. The molecular formula is C73H115NO8. The third-order valence-corrected chi connectivity index (χ3v) is 13.7. The van der Waals surface area contributed by atoms with Crippen molar-refractivity contribution in [3.8, 4) is 0 Å². The normalized spacial score (nSPS) is 19.6. The maximum atomic E-state index is 13.1. The van der Waals surface area contributed by atoms with E-state index in [2.05, 4.69) is 189 Å². The zero-order chi connectivity index (χ0) is 59.3. The van der Waals surface area contributed by atoms with E-state index >= 15 is 0 Å². The van der Waals surface area contributed by atoms with Crippen molar-refractivity contribution in [2.75, 3.05) is 13.2 Å². The molecule has 6 N–H and O–H groups in total. The van der Waals surface area contributed by atoms with E-state index in [4.69, 9.17) is 9.47 Å². The minimum absolute atomic E-state index is 0.236. The average Bonchev–Trinajstić information content (AvgIpc) is 3.52. The lowest BCUT2D eigenvalue weighted by Gasteiger charge is -2.40. The smallest absolute Gasteiger partial charge is 0.220 e. The zero-order valence-electron chi connectivity index (χ0n) is 51.2. The quantitative estimate of drug-likeness (QED) is 0.0261. The molecule has 1 amide bonds. The number of aliphatic hydroxyl groups excluding tert-OH is 5. The van der Waals surface area contributed by atoms with E-state index in [0.717, 1.165) is 116 Å². The first kappa shape index (κ1) is 75.3. The Morgan fingerprint density at radius 3 is 1.17 bits per heavy atom. The van der Waals surface area contributed by atoms with E-state index in [1.807, 2.05) is 6.08 Å². The van der Waals surface area contributed by atoms with Crippen LogP contribution >= 0.6 is 0 Å². The third-order valence-electron chi connectivity index (χ3n) is 13.7. The second kappa shape index (κ2) is 59.4. The maximum Gasteiger partial charge on any atom is 0.220 e. The molecule has 1 rings (SSSR count). The number of hydrogen-bond donors (Lipinski definition) is 6. The number of rotatable bonds is 52. The summed E-state index contributed by atoms with van der Waals surface area (Å²) in [4.78, 5) is 13.1. The van der Waals surface area contributed by atoms with Gasteiger partial charge in [0.25, 0.3) is 0 Å². The molecule has 0 aliphatic carbocycles. The molecule has 0 spiro atoms. The third kappa shape index (κ3) is 47.7. The van der Waals surface area contributed by atoms with Crippen molar-refractivity contribution in [1.29, 1.82) is 0 Å². The summed E-state index contributed by atoms with van der Waals surface area (Å²) in [5, 5.41) is 54.5. The van der Waals surface area contributed by atoms with E-state index in [1.54, 1.807) is 6.08 Å². The summed E-state index contributed by atoms with van der Waals surface area (Å²) in [5.41, 5.74) is 0. The molecule has 1 fully saturated rings. The topological polar surface area (TPSA) is 149 Å². The van der Waals surface area contributed by atoms with E-state index in [1.165, 1.54) is 64.2 Å². The van der Waals surface area contributed by atoms with Gasteiger partial charge >= 0.3 is 0 Å². The summed E-state index contributed by atoms with van der Waals surface area (Å²) in [5.74, 6) is -0.241. The van der Waals surface area contributed by atoms with Crippen LogP contribution in [0.3, 0.4) is 0 Å². The number of carbonyl (C=O) groups excluding carboxylic acids is 1. The van der Waals surface area contributed by atoms with Gasteiger partial charge in [0.2, 0.25) is 5.91 Å². The molecule has 82 heavy (non-hydrogen) atoms. The molecule has 1 aliphatic heterocycles. The molecule has 7 unspecified atom stereocenters. The van der Waals surface area contributed by atoms with Gasteiger partial charge in [-0.15, -0.1) is 0 Å². The van der Waals surface area contributed by atoms with E-state index < -0.39 is 49.5 Å². The number of nitrogens with one attached hydrogen (secondary N) is 1. The lowest BCUT2D eigenvalue weighted by atomic mass is 9.99. The highest BCUT2D eigenvalue weighted by molar-refractivity contribution is 5.76. The Bertz CT molecular complexity index is 1940. The molecule has 1 aliphatic rings. The minimum atomic E-state index is -1.60. The Morgan fingerprint density at radius 2 is 0.768 bits per heavy atom. The summed E-state index contributed by atoms with van der Waals surface area (Å²) < 4.78 is 11.2. The van der Waals surface area contributed by atoms with Crippen LogP contribution in [-0.4, -0.2) is 87.5 Å². The highest BCUT2D eigenvalue weighted by Crippen LogP contribution is 2.22. The van der Waals surface area contributed by atoms with Crippen molar-refractivity contribution in [3.63, 3.8) is 0 Å². The van der Waals surface area contributed by atoms with E-state index in [9.17, 15) is 30.3 Å².